The molecule has 1 saturated heterocycles. The van der Waals surface area contributed by atoms with Crippen LogP contribution in [0.3, 0.4) is 0 Å². The maximum absolute atomic E-state index is 13.7. The highest BCUT2D eigenvalue weighted by atomic mass is 32.1. The molecule has 0 unspecified atom stereocenters. The molecule has 35 heavy (non-hydrogen) atoms. The van der Waals surface area contributed by atoms with Crippen LogP contribution >= 0.6 is 11.3 Å². The molecule has 4 aromatic rings. The Kier molecular flexibility index (Phi) is 6.44. The standard InChI is InChI=1S/C26H28N4O4S/c1-16-5-8-23(35-16)20-14-19(24-17(2)28-34-25(24)27-20)26(31)30-11-9-29(10-12-30)15-18-6-7-21(32-3)22(13-18)33-4/h5-8,13-14H,9-12,15H2,1-4H3. The fourth-order valence-corrected chi connectivity index (χ4v) is 5.31. The first kappa shape index (κ1) is 23.3. The smallest absolute Gasteiger partial charge is 0.259 e. The molecule has 182 valence electrons. The summed E-state index contributed by atoms with van der Waals surface area (Å²) >= 11 is 1.65. The van der Waals surface area contributed by atoms with Gasteiger partial charge in [-0.05, 0) is 49.7 Å². The molecule has 1 fully saturated rings. The van der Waals surface area contributed by atoms with Gasteiger partial charge in [0, 0.05) is 37.6 Å². The van der Waals surface area contributed by atoms with Crippen molar-refractivity contribution in [2.24, 2.45) is 0 Å². The Morgan fingerprint density at radius 2 is 1.80 bits per heavy atom. The molecule has 5 rings (SSSR count). The molecule has 0 spiro atoms. The van der Waals surface area contributed by atoms with Gasteiger partial charge in [0.15, 0.2) is 11.5 Å². The SMILES string of the molecule is COc1ccc(CN2CCN(C(=O)c3cc(-c4ccc(C)s4)nc4onc(C)c34)CC2)cc1OC. The summed E-state index contributed by atoms with van der Waals surface area (Å²) in [7, 11) is 3.28. The van der Waals surface area contributed by atoms with Crippen LogP contribution in [-0.2, 0) is 6.54 Å². The lowest BCUT2D eigenvalue weighted by molar-refractivity contribution is 0.0630. The van der Waals surface area contributed by atoms with Crippen LogP contribution in [0.25, 0.3) is 21.7 Å². The highest BCUT2D eigenvalue weighted by Crippen LogP contribution is 2.32. The highest BCUT2D eigenvalue weighted by Gasteiger charge is 2.27. The van der Waals surface area contributed by atoms with Crippen LogP contribution in [0.2, 0.25) is 0 Å². The number of thiophene rings is 1. The summed E-state index contributed by atoms with van der Waals surface area (Å²) in [5.74, 6) is 1.43. The minimum Gasteiger partial charge on any atom is -0.493 e. The largest absolute Gasteiger partial charge is 0.493 e. The highest BCUT2D eigenvalue weighted by molar-refractivity contribution is 7.15. The molecule has 1 aliphatic rings. The fourth-order valence-electron chi connectivity index (χ4n) is 4.48. The zero-order valence-corrected chi connectivity index (χ0v) is 21.1. The molecule has 0 saturated carbocycles. The fraction of sp³-hybridized carbons (Fsp3) is 0.346. The van der Waals surface area contributed by atoms with Gasteiger partial charge in [0.1, 0.15) is 0 Å². The number of rotatable bonds is 6. The Morgan fingerprint density at radius 1 is 1.03 bits per heavy atom. The molecule has 1 amide bonds. The number of aromatic nitrogens is 2. The number of methoxy groups -OCH3 is 2. The van der Waals surface area contributed by atoms with Crippen LogP contribution in [0.15, 0.2) is 40.9 Å². The number of fused-ring (bicyclic) bond motifs is 1. The van der Waals surface area contributed by atoms with Gasteiger partial charge in [-0.2, -0.15) is 0 Å². The Morgan fingerprint density at radius 3 is 2.49 bits per heavy atom. The van der Waals surface area contributed by atoms with Crippen molar-refractivity contribution in [3.63, 3.8) is 0 Å². The number of hydrogen-bond acceptors (Lipinski definition) is 8. The molecule has 3 aromatic heterocycles. The number of aryl methyl sites for hydroxylation is 2. The summed E-state index contributed by atoms with van der Waals surface area (Å²) in [4.78, 5) is 24.7. The third-order valence-electron chi connectivity index (χ3n) is 6.35. The predicted molar refractivity (Wildman–Crippen MR) is 135 cm³/mol. The molecule has 0 bridgehead atoms. The maximum atomic E-state index is 13.7. The van der Waals surface area contributed by atoms with Crippen LogP contribution in [0.5, 0.6) is 11.5 Å². The first-order valence-corrected chi connectivity index (χ1v) is 12.3. The lowest BCUT2D eigenvalue weighted by Crippen LogP contribution is -2.48. The normalized spacial score (nSPS) is 14.5. The Labute approximate surface area is 208 Å². The lowest BCUT2D eigenvalue weighted by Gasteiger charge is -2.35. The van der Waals surface area contributed by atoms with E-state index in [1.54, 1.807) is 25.6 Å². The molecule has 1 aliphatic heterocycles. The van der Waals surface area contributed by atoms with Crippen molar-refractivity contribution in [2.75, 3.05) is 40.4 Å². The molecule has 1 aromatic carbocycles. The zero-order valence-electron chi connectivity index (χ0n) is 20.3. The number of hydrogen-bond donors (Lipinski definition) is 0. The second-order valence-electron chi connectivity index (χ2n) is 8.67. The number of ether oxygens (including phenoxy) is 2. The van der Waals surface area contributed by atoms with Gasteiger partial charge >= 0.3 is 0 Å². The van der Waals surface area contributed by atoms with E-state index in [4.69, 9.17) is 14.0 Å². The van der Waals surface area contributed by atoms with Gasteiger partial charge in [0.2, 0.25) is 0 Å². The van der Waals surface area contributed by atoms with E-state index in [9.17, 15) is 4.79 Å². The third kappa shape index (κ3) is 4.61. The molecule has 4 heterocycles. The van der Waals surface area contributed by atoms with Crippen molar-refractivity contribution >= 4 is 28.3 Å². The van der Waals surface area contributed by atoms with Gasteiger partial charge in [-0.15, -0.1) is 11.3 Å². The Hall–Kier alpha value is -3.43. The van der Waals surface area contributed by atoms with E-state index in [1.165, 1.54) is 4.88 Å². The van der Waals surface area contributed by atoms with Crippen LogP contribution in [0.4, 0.5) is 0 Å². The van der Waals surface area contributed by atoms with Crippen LogP contribution in [0.1, 0.15) is 26.5 Å². The van der Waals surface area contributed by atoms with E-state index in [2.05, 4.69) is 34.1 Å². The molecule has 0 aliphatic carbocycles. The summed E-state index contributed by atoms with van der Waals surface area (Å²) in [6.07, 6.45) is 0. The Balaban J connectivity index is 1.33. The minimum atomic E-state index is -0.0102. The van der Waals surface area contributed by atoms with E-state index in [0.29, 0.717) is 35.4 Å². The van der Waals surface area contributed by atoms with Gasteiger partial charge in [0.25, 0.3) is 11.6 Å². The first-order valence-electron chi connectivity index (χ1n) is 11.5. The van der Waals surface area contributed by atoms with Crippen molar-refractivity contribution in [2.45, 2.75) is 20.4 Å². The number of nitrogens with zero attached hydrogens (tertiary/aromatic N) is 4. The first-order chi connectivity index (χ1) is 17.0. The second-order valence-corrected chi connectivity index (χ2v) is 9.96. The van der Waals surface area contributed by atoms with Crippen molar-refractivity contribution in [3.8, 4) is 22.1 Å². The Bertz CT molecular complexity index is 1370. The summed E-state index contributed by atoms with van der Waals surface area (Å²) in [5, 5.41) is 4.77. The number of carbonyl (C=O) groups is 1. The van der Waals surface area contributed by atoms with E-state index in [-0.39, 0.29) is 5.91 Å². The number of benzene rings is 1. The minimum absolute atomic E-state index is 0.0102. The monoisotopic (exact) mass is 492 g/mol. The van der Waals surface area contributed by atoms with E-state index in [0.717, 1.165) is 47.3 Å². The van der Waals surface area contributed by atoms with Crippen molar-refractivity contribution in [3.05, 3.63) is 58.1 Å². The van der Waals surface area contributed by atoms with Crippen LogP contribution in [0, 0.1) is 13.8 Å². The third-order valence-corrected chi connectivity index (χ3v) is 7.38. The topological polar surface area (TPSA) is 80.9 Å². The van der Waals surface area contributed by atoms with E-state index >= 15 is 0 Å². The number of pyridine rings is 1. The number of carbonyl (C=O) groups excluding carboxylic acids is 1. The van der Waals surface area contributed by atoms with E-state index in [1.807, 2.05) is 36.1 Å². The average molecular weight is 493 g/mol. The maximum Gasteiger partial charge on any atom is 0.259 e. The number of amides is 1. The van der Waals surface area contributed by atoms with Crippen LogP contribution < -0.4 is 9.47 Å². The summed E-state index contributed by atoms with van der Waals surface area (Å²) in [6, 6.07) is 11.9. The van der Waals surface area contributed by atoms with Crippen molar-refractivity contribution in [1.29, 1.82) is 0 Å². The van der Waals surface area contributed by atoms with Crippen LogP contribution in [-0.4, -0.2) is 66.2 Å². The predicted octanol–water partition coefficient (Wildman–Crippen LogP) is 4.54. The molecular weight excluding hydrogens is 464 g/mol. The van der Waals surface area contributed by atoms with Gasteiger partial charge in [-0.1, -0.05) is 11.2 Å². The van der Waals surface area contributed by atoms with Gasteiger partial charge in [0.05, 0.1) is 41.4 Å². The molecule has 9 heteroatoms. The molecule has 0 N–H and O–H groups in total. The van der Waals surface area contributed by atoms with E-state index < -0.39 is 0 Å². The zero-order chi connectivity index (χ0) is 24.5. The van der Waals surface area contributed by atoms with Gasteiger partial charge < -0.3 is 18.9 Å². The quantitative estimate of drug-likeness (QED) is 0.391. The second kappa shape index (κ2) is 9.67. The summed E-state index contributed by atoms with van der Waals surface area (Å²) < 4.78 is 16.2. The van der Waals surface area contributed by atoms with Crippen molar-refractivity contribution in [1.82, 2.24) is 19.9 Å². The molecular formula is C26H28N4O4S. The average Bonchev–Trinajstić information content (AvgIpc) is 3.49. The summed E-state index contributed by atoms with van der Waals surface area (Å²) in [5.41, 5.74) is 3.57. The molecule has 0 atom stereocenters. The van der Waals surface area contributed by atoms with Crippen molar-refractivity contribution < 1.29 is 18.8 Å². The summed E-state index contributed by atoms with van der Waals surface area (Å²) in [6.45, 7) is 7.55. The number of piperazine rings is 1. The lowest BCUT2D eigenvalue weighted by atomic mass is 10.1. The molecule has 8 nitrogen and oxygen atoms in total. The van der Waals surface area contributed by atoms with Gasteiger partial charge in [-0.3, -0.25) is 9.69 Å². The molecule has 0 radical (unpaired) electrons. The van der Waals surface area contributed by atoms with Gasteiger partial charge in [-0.25, -0.2) is 4.98 Å².